The first kappa shape index (κ1) is 22.2. The van der Waals surface area contributed by atoms with Crippen LogP contribution in [0.1, 0.15) is 5.56 Å². The molecule has 0 radical (unpaired) electrons. The Morgan fingerprint density at radius 1 is 0.971 bits per heavy atom. The molecule has 0 fully saturated rings. The average Bonchev–Trinajstić information content (AvgIpc) is 2.86. The normalized spacial score (nSPS) is 11.8. The number of alkyl halides is 3. The van der Waals surface area contributed by atoms with Crippen molar-refractivity contribution in [3.8, 4) is 23.0 Å². The Labute approximate surface area is 194 Å². The zero-order chi connectivity index (χ0) is 24.9. The Morgan fingerprint density at radius 3 is 2.40 bits per heavy atom. The number of halogens is 3. The van der Waals surface area contributed by atoms with E-state index >= 15 is 0 Å². The summed E-state index contributed by atoms with van der Waals surface area (Å²) in [4.78, 5) is 43.0. The Kier molecular flexibility index (Phi) is 5.08. The first-order chi connectivity index (χ1) is 16.7. The van der Waals surface area contributed by atoms with Crippen molar-refractivity contribution >= 4 is 21.9 Å². The maximum atomic E-state index is 13.4. The Morgan fingerprint density at radius 2 is 1.71 bits per heavy atom. The lowest BCUT2D eigenvalue weighted by molar-refractivity contribution is -0.137. The number of hydrogen-bond acceptors (Lipinski definition) is 7. The van der Waals surface area contributed by atoms with Crippen molar-refractivity contribution in [2.75, 3.05) is 7.11 Å². The molecule has 176 valence electrons. The van der Waals surface area contributed by atoms with E-state index in [1.54, 1.807) is 12.1 Å². The molecule has 4 heterocycles. The molecule has 0 N–H and O–H groups in total. The standard InChI is InChI=1S/C23H15F3N6O3/c1-31-20(33)15-11-27-17-7-6-16(12-9-28-21(35-2)29-10-12)30-18(17)19(15)32(22(31)34)14-5-3-4-13(8-14)23(24,25)26/h3-11H,1-2H3. The monoisotopic (exact) mass is 480 g/mol. The van der Waals surface area contributed by atoms with Crippen LogP contribution in [0.3, 0.4) is 0 Å². The van der Waals surface area contributed by atoms with Crippen molar-refractivity contribution in [1.82, 2.24) is 29.1 Å². The molecular weight excluding hydrogens is 465 g/mol. The maximum Gasteiger partial charge on any atom is 0.416 e. The fraction of sp³-hybridized carbons (Fsp3) is 0.130. The Hall–Kier alpha value is -4.61. The summed E-state index contributed by atoms with van der Waals surface area (Å²) in [7, 11) is 2.67. The molecule has 0 atom stereocenters. The largest absolute Gasteiger partial charge is 0.467 e. The van der Waals surface area contributed by atoms with Crippen molar-refractivity contribution in [2.24, 2.45) is 7.05 Å². The summed E-state index contributed by atoms with van der Waals surface area (Å²) in [6.07, 6.45) is -0.379. The van der Waals surface area contributed by atoms with Crippen molar-refractivity contribution < 1.29 is 17.9 Å². The van der Waals surface area contributed by atoms with Gasteiger partial charge in [-0.1, -0.05) is 6.07 Å². The Balaban J connectivity index is 1.88. The number of fused-ring (bicyclic) bond motifs is 3. The zero-order valence-corrected chi connectivity index (χ0v) is 18.2. The molecule has 5 aromatic rings. The molecule has 9 nitrogen and oxygen atoms in total. The zero-order valence-electron chi connectivity index (χ0n) is 18.2. The SMILES string of the molecule is COc1ncc(-c2ccc3ncc4c(=O)n(C)c(=O)n(-c5cccc(C(F)(F)F)c5)c4c3n2)cn1. The maximum absolute atomic E-state index is 13.4. The van der Waals surface area contributed by atoms with Gasteiger partial charge in [0.2, 0.25) is 0 Å². The van der Waals surface area contributed by atoms with Crippen LogP contribution in [0.25, 0.3) is 38.9 Å². The summed E-state index contributed by atoms with van der Waals surface area (Å²) in [5.74, 6) is 0. The summed E-state index contributed by atoms with van der Waals surface area (Å²) in [6, 6.07) is 7.73. The molecule has 4 aromatic heterocycles. The first-order valence-electron chi connectivity index (χ1n) is 10.1. The highest BCUT2D eigenvalue weighted by Crippen LogP contribution is 2.31. The predicted molar refractivity (Wildman–Crippen MR) is 120 cm³/mol. The van der Waals surface area contributed by atoms with Crippen LogP contribution in [0.15, 0.2) is 64.6 Å². The number of rotatable bonds is 3. The number of benzene rings is 1. The third-order valence-electron chi connectivity index (χ3n) is 5.46. The summed E-state index contributed by atoms with van der Waals surface area (Å²) in [5, 5.41) is 0.0210. The number of pyridine rings is 2. The molecule has 0 aliphatic heterocycles. The van der Waals surface area contributed by atoms with Gasteiger partial charge >= 0.3 is 17.9 Å². The lowest BCUT2D eigenvalue weighted by Gasteiger charge is -2.15. The van der Waals surface area contributed by atoms with Crippen LogP contribution in [0.4, 0.5) is 13.2 Å². The molecule has 0 saturated carbocycles. The van der Waals surface area contributed by atoms with Gasteiger partial charge in [0.25, 0.3) is 5.56 Å². The van der Waals surface area contributed by atoms with Gasteiger partial charge in [-0.2, -0.15) is 13.2 Å². The van der Waals surface area contributed by atoms with Gasteiger partial charge in [-0.15, -0.1) is 0 Å². The van der Waals surface area contributed by atoms with Crippen LogP contribution in [-0.2, 0) is 13.2 Å². The second-order valence-electron chi connectivity index (χ2n) is 7.57. The van der Waals surface area contributed by atoms with Crippen molar-refractivity contribution in [2.45, 2.75) is 6.18 Å². The van der Waals surface area contributed by atoms with Gasteiger partial charge in [0.05, 0.1) is 40.5 Å². The number of hydrogen-bond donors (Lipinski definition) is 0. The van der Waals surface area contributed by atoms with Crippen molar-refractivity contribution in [3.05, 3.63) is 81.4 Å². The fourth-order valence-electron chi connectivity index (χ4n) is 3.72. The molecule has 0 amide bonds. The van der Waals surface area contributed by atoms with E-state index in [2.05, 4.69) is 19.9 Å². The third-order valence-corrected chi connectivity index (χ3v) is 5.46. The van der Waals surface area contributed by atoms with Gasteiger partial charge in [0.1, 0.15) is 5.52 Å². The van der Waals surface area contributed by atoms with E-state index in [-0.39, 0.29) is 28.1 Å². The first-order valence-corrected chi connectivity index (χ1v) is 10.1. The molecule has 35 heavy (non-hydrogen) atoms. The van der Waals surface area contributed by atoms with Crippen LogP contribution in [0, 0.1) is 0 Å². The van der Waals surface area contributed by atoms with Crippen LogP contribution < -0.4 is 16.0 Å². The molecule has 1 aromatic carbocycles. The summed E-state index contributed by atoms with van der Waals surface area (Å²) in [5.41, 5.74) is -1.04. The predicted octanol–water partition coefficient (Wildman–Crippen LogP) is 3.12. The van der Waals surface area contributed by atoms with E-state index in [4.69, 9.17) is 4.74 Å². The topological polar surface area (TPSA) is 105 Å². The highest BCUT2D eigenvalue weighted by Gasteiger charge is 2.31. The van der Waals surface area contributed by atoms with E-state index in [1.165, 1.54) is 44.9 Å². The van der Waals surface area contributed by atoms with Gasteiger partial charge in [0.15, 0.2) is 0 Å². The van der Waals surface area contributed by atoms with Gasteiger partial charge in [-0.3, -0.25) is 18.9 Å². The molecule has 0 spiro atoms. The number of aromatic nitrogens is 6. The van der Waals surface area contributed by atoms with Gasteiger partial charge in [0, 0.05) is 31.2 Å². The van der Waals surface area contributed by atoms with E-state index in [0.29, 0.717) is 16.8 Å². The molecule has 0 aliphatic carbocycles. The van der Waals surface area contributed by atoms with Crippen LogP contribution in [0.2, 0.25) is 0 Å². The summed E-state index contributed by atoms with van der Waals surface area (Å²) >= 11 is 0. The van der Waals surface area contributed by atoms with E-state index in [9.17, 15) is 22.8 Å². The molecule has 0 saturated heterocycles. The lowest BCUT2D eigenvalue weighted by atomic mass is 10.1. The number of methoxy groups -OCH3 is 1. The highest BCUT2D eigenvalue weighted by atomic mass is 19.4. The van der Waals surface area contributed by atoms with Crippen molar-refractivity contribution in [1.29, 1.82) is 0 Å². The minimum atomic E-state index is -4.63. The molecule has 0 bridgehead atoms. The van der Waals surface area contributed by atoms with Crippen LogP contribution in [0.5, 0.6) is 6.01 Å². The van der Waals surface area contributed by atoms with E-state index < -0.39 is 23.0 Å². The number of nitrogens with zero attached hydrogens (tertiary/aromatic N) is 6. The summed E-state index contributed by atoms with van der Waals surface area (Å²) in [6.45, 7) is 0. The van der Waals surface area contributed by atoms with Crippen molar-refractivity contribution in [3.63, 3.8) is 0 Å². The molecule has 0 unspecified atom stereocenters. The number of ether oxygens (including phenoxy) is 1. The lowest BCUT2D eigenvalue weighted by Crippen LogP contribution is -2.37. The van der Waals surface area contributed by atoms with Crippen LogP contribution in [-0.4, -0.2) is 36.2 Å². The minimum Gasteiger partial charge on any atom is -0.467 e. The quantitative estimate of drug-likeness (QED) is 0.366. The smallest absolute Gasteiger partial charge is 0.416 e. The highest BCUT2D eigenvalue weighted by molar-refractivity contribution is 6.01. The fourth-order valence-corrected chi connectivity index (χ4v) is 3.72. The Bertz CT molecular complexity index is 1730. The van der Waals surface area contributed by atoms with Gasteiger partial charge < -0.3 is 4.74 Å². The van der Waals surface area contributed by atoms with E-state index in [0.717, 1.165) is 21.3 Å². The molecule has 12 heteroatoms. The molecule has 5 rings (SSSR count). The third kappa shape index (κ3) is 3.68. The molecule has 0 aliphatic rings. The second kappa shape index (κ2) is 8.01. The van der Waals surface area contributed by atoms with Gasteiger partial charge in [-0.05, 0) is 30.3 Å². The minimum absolute atomic E-state index is 0.0210. The van der Waals surface area contributed by atoms with Gasteiger partial charge in [-0.25, -0.2) is 19.7 Å². The second-order valence-corrected chi connectivity index (χ2v) is 7.57. The summed E-state index contributed by atoms with van der Waals surface area (Å²) < 4.78 is 47.0. The van der Waals surface area contributed by atoms with E-state index in [1.807, 2.05) is 0 Å². The molecular formula is C23H15F3N6O3. The van der Waals surface area contributed by atoms with Crippen LogP contribution >= 0.6 is 0 Å². The average molecular weight is 480 g/mol.